The molecule has 0 spiro atoms. The molecule has 17 nitrogen and oxygen atoms in total. The Balaban J connectivity index is 1.72. The lowest BCUT2D eigenvalue weighted by atomic mass is 9.92. The third kappa shape index (κ3) is 20.2. The number of amides is 5. The fraction of sp³-hybridized carbons (Fsp3) is 0.706. The number of likely N-dealkylation sites (N-methyl/N-ethyl adjacent to an activating group) is 1. The average Bonchev–Trinajstić information content (AvgIpc) is 3.79. The zero-order valence-electron chi connectivity index (χ0n) is 43.2. The number of carboxylic acids is 1. The summed E-state index contributed by atoms with van der Waals surface area (Å²) in [6.45, 7) is 21.8. The van der Waals surface area contributed by atoms with E-state index in [0.29, 0.717) is 62.7 Å². The van der Waals surface area contributed by atoms with Crippen molar-refractivity contribution in [2.75, 3.05) is 39.8 Å². The Labute approximate surface area is 414 Å². The largest absolute Gasteiger partial charge is 0.481 e. The summed E-state index contributed by atoms with van der Waals surface area (Å²) in [6, 6.07) is 5.01. The molecule has 0 unspecified atom stereocenters. The van der Waals surface area contributed by atoms with Crippen LogP contribution < -0.4 is 26.0 Å². The SMILES string of the molecule is CCCO[C@H](C[C@H](C(C)C)N(CCC)C(=O)[C@@H](NC(=O)[C@H]1CCCCN1C)[C@@H](C)CC)c1nc(C(=O)N[C@@H](Cc2ccc(OC(=O)NCCCCNC(=O)OC(C)(C)C)cc2)C[C@H](C)C(=O)O)cs1. The van der Waals surface area contributed by atoms with Gasteiger partial charge < -0.3 is 45.5 Å². The number of likely N-dealkylation sites (tertiary alicyclic amines) is 1. The lowest BCUT2D eigenvalue weighted by Crippen LogP contribution is -2.58. The molecule has 2 heterocycles. The summed E-state index contributed by atoms with van der Waals surface area (Å²) < 4.78 is 17.1. The third-order valence-electron chi connectivity index (χ3n) is 12.3. The molecule has 0 radical (unpaired) electrons. The molecule has 5 N–H and O–H groups in total. The van der Waals surface area contributed by atoms with Gasteiger partial charge in [-0.05, 0) is 115 Å². The van der Waals surface area contributed by atoms with E-state index in [1.807, 2.05) is 39.6 Å². The molecule has 1 aromatic carbocycles. The maximum Gasteiger partial charge on any atom is 0.412 e. The van der Waals surface area contributed by atoms with Crippen molar-refractivity contribution in [1.29, 1.82) is 0 Å². The minimum Gasteiger partial charge on any atom is -0.481 e. The summed E-state index contributed by atoms with van der Waals surface area (Å²) in [6.07, 6.45) is 5.46. The summed E-state index contributed by atoms with van der Waals surface area (Å²) in [5.74, 6) is -2.15. The lowest BCUT2D eigenvalue weighted by Gasteiger charge is -2.40. The van der Waals surface area contributed by atoms with Crippen LogP contribution >= 0.6 is 11.3 Å². The maximum absolute atomic E-state index is 14.7. The molecular formula is C51H83N7O10S. The number of hydrogen-bond acceptors (Lipinski definition) is 12. The number of aliphatic carboxylic acids is 1. The van der Waals surface area contributed by atoms with Gasteiger partial charge in [0.05, 0.1) is 12.0 Å². The van der Waals surface area contributed by atoms with Crippen LogP contribution in [0.5, 0.6) is 5.75 Å². The van der Waals surface area contributed by atoms with Crippen LogP contribution in [0.1, 0.15) is 161 Å². The van der Waals surface area contributed by atoms with Gasteiger partial charge in [-0.1, -0.05) is 73.4 Å². The average molecular weight is 986 g/mol. The van der Waals surface area contributed by atoms with Crippen molar-refractivity contribution < 1.29 is 48.1 Å². The number of hydrogen-bond donors (Lipinski definition) is 5. The van der Waals surface area contributed by atoms with Crippen molar-refractivity contribution in [3.05, 3.63) is 45.9 Å². The van der Waals surface area contributed by atoms with Gasteiger partial charge in [0, 0.05) is 50.1 Å². The minimum atomic E-state index is -0.986. The first kappa shape index (κ1) is 58.5. The van der Waals surface area contributed by atoms with E-state index in [2.05, 4.69) is 40.0 Å². The smallest absolute Gasteiger partial charge is 0.412 e. The summed E-state index contributed by atoms with van der Waals surface area (Å²) in [5.41, 5.74) is 0.387. The summed E-state index contributed by atoms with van der Waals surface area (Å²) in [7, 11) is 1.97. The van der Waals surface area contributed by atoms with Gasteiger partial charge in [0.25, 0.3) is 5.91 Å². The van der Waals surface area contributed by atoms with Gasteiger partial charge in [-0.15, -0.1) is 11.3 Å². The Morgan fingerprint density at radius 2 is 1.58 bits per heavy atom. The van der Waals surface area contributed by atoms with E-state index >= 15 is 0 Å². The van der Waals surface area contributed by atoms with E-state index in [1.165, 1.54) is 11.3 Å². The Bertz CT molecular complexity index is 1920. The molecule has 69 heavy (non-hydrogen) atoms. The highest BCUT2D eigenvalue weighted by atomic mass is 32.1. The molecule has 18 heteroatoms. The van der Waals surface area contributed by atoms with Crippen molar-refractivity contribution in [2.45, 2.75) is 176 Å². The fourth-order valence-electron chi connectivity index (χ4n) is 8.26. The van der Waals surface area contributed by atoms with Crippen molar-refractivity contribution >= 4 is 47.2 Å². The van der Waals surface area contributed by atoms with Crippen molar-refractivity contribution in [1.82, 2.24) is 36.1 Å². The lowest BCUT2D eigenvalue weighted by molar-refractivity contribution is -0.143. The van der Waals surface area contributed by atoms with E-state index in [-0.39, 0.29) is 47.8 Å². The molecule has 7 atom stereocenters. The highest BCUT2D eigenvalue weighted by Gasteiger charge is 2.38. The van der Waals surface area contributed by atoms with Crippen molar-refractivity contribution in [3.63, 3.8) is 0 Å². The van der Waals surface area contributed by atoms with Crippen LogP contribution in [-0.2, 0) is 30.3 Å². The van der Waals surface area contributed by atoms with Gasteiger partial charge in [0.15, 0.2) is 0 Å². The molecule has 0 aliphatic carbocycles. The number of aromatic nitrogens is 1. The molecule has 1 aliphatic rings. The quantitative estimate of drug-likeness (QED) is 0.0511. The van der Waals surface area contributed by atoms with Crippen molar-refractivity contribution in [3.8, 4) is 5.75 Å². The third-order valence-corrected chi connectivity index (χ3v) is 13.3. The van der Waals surface area contributed by atoms with Gasteiger partial charge >= 0.3 is 18.2 Å². The Morgan fingerprint density at radius 1 is 0.913 bits per heavy atom. The number of carbonyl (C=O) groups excluding carboxylic acids is 5. The van der Waals surface area contributed by atoms with Gasteiger partial charge in [0.1, 0.15) is 34.2 Å². The van der Waals surface area contributed by atoms with E-state index in [0.717, 1.165) is 50.6 Å². The van der Waals surface area contributed by atoms with Crippen LogP contribution in [0.2, 0.25) is 0 Å². The number of rotatable bonds is 28. The fourth-order valence-corrected chi connectivity index (χ4v) is 9.12. The van der Waals surface area contributed by atoms with E-state index in [1.54, 1.807) is 57.3 Å². The second-order valence-corrected chi connectivity index (χ2v) is 20.7. The van der Waals surface area contributed by atoms with Gasteiger partial charge in [-0.25, -0.2) is 14.6 Å². The molecule has 1 aromatic heterocycles. The van der Waals surface area contributed by atoms with Crippen LogP contribution in [0.3, 0.4) is 0 Å². The second-order valence-electron chi connectivity index (χ2n) is 19.8. The van der Waals surface area contributed by atoms with Gasteiger partial charge in [-0.3, -0.25) is 24.1 Å². The monoisotopic (exact) mass is 986 g/mol. The maximum atomic E-state index is 14.7. The van der Waals surface area contributed by atoms with Gasteiger partial charge in [0.2, 0.25) is 11.8 Å². The minimum absolute atomic E-state index is 0.0287. The summed E-state index contributed by atoms with van der Waals surface area (Å²) in [5, 5.41) is 23.7. The molecule has 5 amide bonds. The van der Waals surface area contributed by atoms with Crippen LogP contribution in [0.25, 0.3) is 0 Å². The molecule has 0 saturated carbocycles. The molecule has 0 bridgehead atoms. The Kier molecular flexibility index (Phi) is 24.9. The number of carbonyl (C=O) groups is 6. The predicted molar refractivity (Wildman–Crippen MR) is 268 cm³/mol. The van der Waals surface area contributed by atoms with Crippen LogP contribution in [-0.4, -0.2) is 125 Å². The highest BCUT2D eigenvalue weighted by molar-refractivity contribution is 7.09. The predicted octanol–water partition coefficient (Wildman–Crippen LogP) is 8.12. The van der Waals surface area contributed by atoms with Crippen LogP contribution in [0.15, 0.2) is 29.6 Å². The zero-order chi connectivity index (χ0) is 51.3. The number of nitrogens with one attached hydrogen (secondary N) is 4. The van der Waals surface area contributed by atoms with Gasteiger partial charge in [-0.2, -0.15) is 0 Å². The first-order valence-electron chi connectivity index (χ1n) is 25.1. The van der Waals surface area contributed by atoms with Crippen molar-refractivity contribution in [2.24, 2.45) is 17.8 Å². The Morgan fingerprint density at radius 3 is 2.16 bits per heavy atom. The Hall–Kier alpha value is -4.81. The number of carboxylic acid groups (broad SMARTS) is 1. The number of thiazole rings is 1. The first-order chi connectivity index (χ1) is 32.7. The number of ether oxygens (including phenoxy) is 3. The molecular weight excluding hydrogens is 903 g/mol. The molecule has 3 rings (SSSR count). The normalized spacial score (nSPS) is 16.8. The second kappa shape index (κ2) is 29.4. The zero-order valence-corrected chi connectivity index (χ0v) is 44.0. The molecule has 2 aromatic rings. The van der Waals surface area contributed by atoms with E-state index in [9.17, 15) is 33.9 Å². The number of piperidine rings is 1. The summed E-state index contributed by atoms with van der Waals surface area (Å²) in [4.78, 5) is 87.4. The number of alkyl carbamates (subject to hydrolysis) is 1. The molecule has 1 fully saturated rings. The van der Waals surface area contributed by atoms with E-state index < -0.39 is 53.8 Å². The first-order valence-corrected chi connectivity index (χ1v) is 26.0. The van der Waals surface area contributed by atoms with E-state index in [4.69, 9.17) is 19.2 Å². The molecule has 388 valence electrons. The number of nitrogens with zero attached hydrogens (tertiary/aromatic N) is 3. The molecule has 1 aliphatic heterocycles. The number of benzene rings is 1. The number of unbranched alkanes of at least 4 members (excludes halogenated alkanes) is 1. The topological polar surface area (TPSA) is 218 Å². The molecule has 1 saturated heterocycles. The standard InChI is InChI=1S/C51H83N7O10S/c1-12-26-58(47(61)43(34(6)14-3)56-45(60)40-19-15-18-27-57(40)11)41(33(4)5)31-42(66-28-13-2)46-55-39(32-69-46)44(59)54-37(29-35(7)48(62)63)30-36-20-22-38(23-21-36)67-49(64)52-24-16-17-25-53-50(65)68-51(8,9)10/h20-23,32-35,37,40-43H,12-19,24-31H2,1-11H3,(H,52,64)(H,53,65)(H,54,59)(H,56,60)(H,62,63)/t34-,35-,37+,40+,41+,42+,43-/m0/s1. The summed E-state index contributed by atoms with van der Waals surface area (Å²) >= 11 is 1.31. The van der Waals surface area contributed by atoms with Crippen LogP contribution in [0.4, 0.5) is 9.59 Å². The highest BCUT2D eigenvalue weighted by Crippen LogP contribution is 2.32. The van der Waals surface area contributed by atoms with Crippen LogP contribution in [0, 0.1) is 17.8 Å².